The number of hydrogen-bond acceptors (Lipinski definition) is 6. The Labute approximate surface area is 186 Å². The van der Waals surface area contributed by atoms with Crippen molar-refractivity contribution in [2.45, 2.75) is 65.2 Å². The molecule has 0 aromatic carbocycles. The summed E-state index contributed by atoms with van der Waals surface area (Å²) in [5.41, 5.74) is 0.237. The number of unbranched alkanes of at least 4 members (excludes halogenated alkanes) is 1. The SMILES string of the molecule is CSS[C@@H](CCCCC(C)C)OCCOCCOCCC(=O)NCC#CC(C)C. The number of nitrogens with one attached hydrogen (secondary N) is 1. The normalized spacial score (nSPS) is 12.1. The molecule has 0 spiro atoms. The Morgan fingerprint density at radius 2 is 1.62 bits per heavy atom. The highest BCUT2D eigenvalue weighted by atomic mass is 33.1. The van der Waals surface area contributed by atoms with Crippen molar-refractivity contribution in [3.63, 3.8) is 0 Å². The molecule has 0 unspecified atom stereocenters. The molecule has 0 aromatic rings. The van der Waals surface area contributed by atoms with E-state index in [1.165, 1.54) is 19.3 Å². The van der Waals surface area contributed by atoms with Crippen molar-refractivity contribution in [2.24, 2.45) is 11.8 Å². The summed E-state index contributed by atoms with van der Waals surface area (Å²) in [6, 6.07) is 0. The van der Waals surface area contributed by atoms with Gasteiger partial charge in [-0.25, -0.2) is 0 Å². The fourth-order valence-electron chi connectivity index (χ4n) is 2.34. The second kappa shape index (κ2) is 20.9. The maximum absolute atomic E-state index is 11.6. The standard InChI is InChI=1S/C22H41NO4S2/c1-19(2)9-6-7-11-22(29-28-5)27-18-17-26-16-15-25-14-12-21(24)23-13-8-10-20(3)4/h19-20,22H,6-7,9,11-18H2,1-5H3,(H,23,24)/t22-/m0/s1. The molecule has 5 nitrogen and oxygen atoms in total. The third kappa shape index (κ3) is 22.1. The van der Waals surface area contributed by atoms with Gasteiger partial charge >= 0.3 is 0 Å². The number of ether oxygens (including phenoxy) is 3. The zero-order valence-electron chi connectivity index (χ0n) is 19.0. The summed E-state index contributed by atoms with van der Waals surface area (Å²) in [5.74, 6) is 6.99. The molecule has 0 radical (unpaired) electrons. The highest BCUT2D eigenvalue weighted by Gasteiger charge is 2.09. The molecule has 0 aliphatic rings. The van der Waals surface area contributed by atoms with Gasteiger partial charge in [0.05, 0.1) is 39.6 Å². The number of carbonyl (C=O) groups is 1. The van der Waals surface area contributed by atoms with Crippen molar-refractivity contribution < 1.29 is 19.0 Å². The Morgan fingerprint density at radius 3 is 2.28 bits per heavy atom. The van der Waals surface area contributed by atoms with Crippen molar-refractivity contribution >= 4 is 27.5 Å². The van der Waals surface area contributed by atoms with E-state index in [9.17, 15) is 4.79 Å². The predicted molar refractivity (Wildman–Crippen MR) is 126 cm³/mol. The lowest BCUT2D eigenvalue weighted by Gasteiger charge is -2.16. The van der Waals surface area contributed by atoms with Crippen LogP contribution in [0.25, 0.3) is 0 Å². The molecule has 170 valence electrons. The molecular formula is C22H41NO4S2. The fraction of sp³-hybridized carbons (Fsp3) is 0.864. The van der Waals surface area contributed by atoms with Gasteiger partial charge in [0.25, 0.3) is 0 Å². The second-order valence-electron chi connectivity index (χ2n) is 7.47. The van der Waals surface area contributed by atoms with E-state index >= 15 is 0 Å². The van der Waals surface area contributed by atoms with Gasteiger partial charge in [-0.05, 0) is 25.0 Å². The number of amides is 1. The molecule has 7 heteroatoms. The predicted octanol–water partition coefficient (Wildman–Crippen LogP) is 4.76. The van der Waals surface area contributed by atoms with Crippen LogP contribution in [0, 0.1) is 23.7 Å². The third-order valence-electron chi connectivity index (χ3n) is 3.82. The van der Waals surface area contributed by atoms with E-state index in [-0.39, 0.29) is 11.3 Å². The average molecular weight is 448 g/mol. The second-order valence-corrected chi connectivity index (χ2v) is 10.1. The van der Waals surface area contributed by atoms with Gasteiger partial charge in [-0.15, -0.1) is 0 Å². The van der Waals surface area contributed by atoms with Crippen LogP contribution in [0.3, 0.4) is 0 Å². The number of carbonyl (C=O) groups excluding carboxylic acids is 1. The molecule has 29 heavy (non-hydrogen) atoms. The van der Waals surface area contributed by atoms with Crippen LogP contribution in [-0.2, 0) is 19.0 Å². The van der Waals surface area contributed by atoms with Crippen LogP contribution < -0.4 is 5.32 Å². The largest absolute Gasteiger partial charge is 0.379 e. The van der Waals surface area contributed by atoms with Gasteiger partial charge in [0.15, 0.2) is 0 Å². The first-order valence-corrected chi connectivity index (χ1v) is 13.3. The highest BCUT2D eigenvalue weighted by Crippen LogP contribution is 2.28. The minimum atomic E-state index is -0.0388. The van der Waals surface area contributed by atoms with Gasteiger partial charge in [0, 0.05) is 12.3 Å². The van der Waals surface area contributed by atoms with Gasteiger partial charge in [0.1, 0.15) is 5.44 Å². The van der Waals surface area contributed by atoms with E-state index in [4.69, 9.17) is 14.2 Å². The zero-order valence-corrected chi connectivity index (χ0v) is 20.6. The van der Waals surface area contributed by atoms with Gasteiger partial charge in [0.2, 0.25) is 5.91 Å². The fourth-order valence-corrected chi connectivity index (χ4v) is 4.07. The molecule has 1 amide bonds. The minimum absolute atomic E-state index is 0.0388. The molecule has 0 saturated heterocycles. The number of hydrogen-bond donors (Lipinski definition) is 1. The quantitative estimate of drug-likeness (QED) is 0.142. The molecular weight excluding hydrogens is 406 g/mol. The smallest absolute Gasteiger partial charge is 0.223 e. The molecule has 1 N–H and O–H groups in total. The van der Waals surface area contributed by atoms with Crippen LogP contribution in [0.1, 0.15) is 59.8 Å². The summed E-state index contributed by atoms with van der Waals surface area (Å²) in [7, 11) is 3.54. The number of rotatable bonds is 18. The molecule has 0 fully saturated rings. The van der Waals surface area contributed by atoms with Crippen LogP contribution in [0.5, 0.6) is 0 Å². The Balaban J connectivity index is 3.53. The lowest BCUT2D eigenvalue weighted by Crippen LogP contribution is -2.25. The molecule has 0 aliphatic carbocycles. The van der Waals surface area contributed by atoms with E-state index in [1.807, 2.05) is 13.8 Å². The molecule has 0 aromatic heterocycles. The molecule has 0 aliphatic heterocycles. The maximum Gasteiger partial charge on any atom is 0.223 e. The van der Waals surface area contributed by atoms with E-state index in [1.54, 1.807) is 21.6 Å². The summed E-state index contributed by atoms with van der Waals surface area (Å²) < 4.78 is 16.9. The first-order valence-electron chi connectivity index (χ1n) is 10.7. The molecule has 0 saturated carbocycles. The Hall–Kier alpha value is -0.390. The maximum atomic E-state index is 11.6. The molecule has 0 rings (SSSR count). The van der Waals surface area contributed by atoms with E-state index in [0.29, 0.717) is 51.9 Å². The van der Waals surface area contributed by atoms with Crippen LogP contribution in [0.15, 0.2) is 0 Å². The minimum Gasteiger partial charge on any atom is -0.379 e. The summed E-state index contributed by atoms with van der Waals surface area (Å²) in [4.78, 5) is 11.6. The zero-order chi connectivity index (χ0) is 21.7. The van der Waals surface area contributed by atoms with Crippen LogP contribution in [0.2, 0.25) is 0 Å². The summed E-state index contributed by atoms with van der Waals surface area (Å²) in [5, 5.41) is 2.76. The van der Waals surface area contributed by atoms with Crippen molar-refractivity contribution in [3.05, 3.63) is 0 Å². The van der Waals surface area contributed by atoms with E-state index < -0.39 is 0 Å². The van der Waals surface area contributed by atoms with E-state index in [2.05, 4.69) is 37.3 Å². The van der Waals surface area contributed by atoms with Crippen molar-refractivity contribution in [3.8, 4) is 11.8 Å². The van der Waals surface area contributed by atoms with Gasteiger partial charge in [-0.3, -0.25) is 4.79 Å². The third-order valence-corrected chi connectivity index (χ3v) is 5.82. The van der Waals surface area contributed by atoms with Gasteiger partial charge in [-0.2, -0.15) is 0 Å². The van der Waals surface area contributed by atoms with Crippen molar-refractivity contribution in [1.29, 1.82) is 0 Å². The van der Waals surface area contributed by atoms with Crippen LogP contribution in [0.4, 0.5) is 0 Å². The first-order chi connectivity index (χ1) is 14.0. The Kier molecular flexibility index (Phi) is 20.6. The average Bonchev–Trinajstić information content (AvgIpc) is 2.66. The van der Waals surface area contributed by atoms with E-state index in [0.717, 1.165) is 12.3 Å². The molecule has 0 heterocycles. The monoisotopic (exact) mass is 447 g/mol. The summed E-state index contributed by atoms with van der Waals surface area (Å²) >= 11 is 0. The Morgan fingerprint density at radius 1 is 0.966 bits per heavy atom. The van der Waals surface area contributed by atoms with Crippen LogP contribution >= 0.6 is 21.6 Å². The Bertz CT molecular complexity index is 450. The first kappa shape index (κ1) is 28.6. The molecule has 1 atom stereocenters. The van der Waals surface area contributed by atoms with Crippen LogP contribution in [-0.4, -0.2) is 57.2 Å². The van der Waals surface area contributed by atoms with Crippen molar-refractivity contribution in [2.75, 3.05) is 45.8 Å². The summed E-state index contributed by atoms with van der Waals surface area (Å²) in [6.07, 6.45) is 7.28. The van der Waals surface area contributed by atoms with Gasteiger partial charge in [-0.1, -0.05) is 74.0 Å². The highest BCUT2D eigenvalue weighted by molar-refractivity contribution is 8.76. The lowest BCUT2D eigenvalue weighted by atomic mass is 10.1. The molecule has 0 bridgehead atoms. The summed E-state index contributed by atoms with van der Waals surface area (Å²) in [6.45, 7) is 11.5. The lowest BCUT2D eigenvalue weighted by molar-refractivity contribution is -0.122. The van der Waals surface area contributed by atoms with Gasteiger partial charge < -0.3 is 19.5 Å². The van der Waals surface area contributed by atoms with Crippen molar-refractivity contribution in [1.82, 2.24) is 5.32 Å². The topological polar surface area (TPSA) is 56.8 Å².